The van der Waals surface area contributed by atoms with Crippen LogP contribution in [0, 0.1) is 5.41 Å². The fourth-order valence-corrected chi connectivity index (χ4v) is 2.37. The Morgan fingerprint density at radius 1 is 1.28 bits per heavy atom. The van der Waals surface area contributed by atoms with Gasteiger partial charge < -0.3 is 10.0 Å². The molecule has 1 aliphatic rings. The Morgan fingerprint density at radius 2 is 1.83 bits per heavy atom. The molecule has 1 heterocycles. The van der Waals surface area contributed by atoms with Gasteiger partial charge in [-0.05, 0) is 23.0 Å². The van der Waals surface area contributed by atoms with Crippen molar-refractivity contribution in [3.05, 3.63) is 35.4 Å². The predicted octanol–water partition coefficient (Wildman–Crippen LogP) is 3.35. The highest BCUT2D eigenvalue weighted by molar-refractivity contribution is 5.66. The van der Waals surface area contributed by atoms with E-state index in [0.29, 0.717) is 24.4 Å². The molecule has 0 unspecified atom stereocenters. The molecule has 1 fully saturated rings. The average molecular weight is 247 g/mol. The van der Waals surface area contributed by atoms with E-state index in [2.05, 4.69) is 45.0 Å². The summed E-state index contributed by atoms with van der Waals surface area (Å²) >= 11 is 0. The van der Waals surface area contributed by atoms with Crippen molar-refractivity contribution in [3.8, 4) is 0 Å². The van der Waals surface area contributed by atoms with Crippen LogP contribution in [0.2, 0.25) is 0 Å². The second-order valence-electron chi connectivity index (χ2n) is 6.36. The van der Waals surface area contributed by atoms with Crippen molar-refractivity contribution in [3.63, 3.8) is 0 Å². The van der Waals surface area contributed by atoms with Crippen molar-refractivity contribution in [2.75, 3.05) is 13.1 Å². The van der Waals surface area contributed by atoms with E-state index >= 15 is 0 Å². The maximum Gasteiger partial charge on any atom is 0.407 e. The molecule has 0 radical (unpaired) electrons. The lowest BCUT2D eigenvalue weighted by Gasteiger charge is -2.37. The van der Waals surface area contributed by atoms with Crippen LogP contribution in [0.4, 0.5) is 4.79 Å². The lowest BCUT2D eigenvalue weighted by Crippen LogP contribution is -2.47. The zero-order valence-electron chi connectivity index (χ0n) is 11.3. The Morgan fingerprint density at radius 3 is 2.28 bits per heavy atom. The Hall–Kier alpha value is -1.51. The van der Waals surface area contributed by atoms with Gasteiger partial charge in [-0.1, -0.05) is 45.0 Å². The average Bonchev–Trinajstić information content (AvgIpc) is 2.15. The van der Waals surface area contributed by atoms with Crippen molar-refractivity contribution >= 4 is 6.09 Å². The lowest BCUT2D eigenvalue weighted by atomic mass is 9.86. The summed E-state index contributed by atoms with van der Waals surface area (Å²) in [6.45, 7) is 7.97. The molecular weight excluding hydrogens is 226 g/mol. The van der Waals surface area contributed by atoms with E-state index in [1.807, 2.05) is 0 Å². The van der Waals surface area contributed by atoms with Crippen molar-refractivity contribution in [2.24, 2.45) is 5.41 Å². The molecule has 98 valence electrons. The van der Waals surface area contributed by atoms with Gasteiger partial charge in [-0.3, -0.25) is 0 Å². The normalized spacial score (nSPS) is 16.5. The highest BCUT2D eigenvalue weighted by Gasteiger charge is 2.31. The van der Waals surface area contributed by atoms with E-state index < -0.39 is 6.09 Å². The molecule has 1 amide bonds. The number of benzene rings is 1. The first kappa shape index (κ1) is 12.9. The molecule has 0 spiro atoms. The molecule has 1 N–H and O–H groups in total. The molecule has 0 saturated carbocycles. The molecule has 1 aliphatic heterocycles. The van der Waals surface area contributed by atoms with Crippen molar-refractivity contribution in [2.45, 2.75) is 33.1 Å². The minimum absolute atomic E-state index is 0.304. The van der Waals surface area contributed by atoms with Crippen LogP contribution in [0.25, 0.3) is 0 Å². The highest BCUT2D eigenvalue weighted by atomic mass is 16.4. The smallest absolute Gasteiger partial charge is 0.407 e. The topological polar surface area (TPSA) is 40.5 Å². The first-order valence-corrected chi connectivity index (χ1v) is 6.42. The lowest BCUT2D eigenvalue weighted by molar-refractivity contribution is 0.105. The third kappa shape index (κ3) is 3.03. The first-order valence-electron chi connectivity index (χ1n) is 6.42. The van der Waals surface area contributed by atoms with Gasteiger partial charge in [0.05, 0.1) is 0 Å². The number of amides is 1. The molecule has 2 rings (SSSR count). The van der Waals surface area contributed by atoms with Crippen molar-refractivity contribution in [1.29, 1.82) is 0 Å². The van der Waals surface area contributed by atoms with E-state index in [4.69, 9.17) is 5.11 Å². The summed E-state index contributed by atoms with van der Waals surface area (Å²) in [5.74, 6) is 0.379. The van der Waals surface area contributed by atoms with Crippen molar-refractivity contribution in [1.82, 2.24) is 4.90 Å². The zero-order chi connectivity index (χ0) is 13.3. The zero-order valence-corrected chi connectivity index (χ0v) is 11.3. The maximum absolute atomic E-state index is 10.7. The largest absolute Gasteiger partial charge is 0.465 e. The van der Waals surface area contributed by atoms with Crippen LogP contribution >= 0.6 is 0 Å². The number of likely N-dealkylation sites (tertiary alicyclic amines) is 1. The summed E-state index contributed by atoms with van der Waals surface area (Å²) in [4.78, 5) is 12.1. The summed E-state index contributed by atoms with van der Waals surface area (Å²) in [6.07, 6.45) is 0.259. The summed E-state index contributed by atoms with van der Waals surface area (Å²) < 4.78 is 0. The Bertz CT molecular complexity index is 425. The number of carbonyl (C=O) groups is 1. The molecule has 1 aromatic carbocycles. The van der Waals surface area contributed by atoms with Crippen LogP contribution in [0.1, 0.15) is 37.8 Å². The molecule has 0 atom stereocenters. The van der Waals surface area contributed by atoms with Gasteiger partial charge in [-0.2, -0.15) is 0 Å². The summed E-state index contributed by atoms with van der Waals surface area (Å²) in [6, 6.07) is 8.63. The molecule has 3 heteroatoms. The van der Waals surface area contributed by atoms with Gasteiger partial charge in [0, 0.05) is 19.0 Å². The standard InChI is InChI=1S/C15H21NO2/c1-15(2,3)8-11-4-6-12(7-5-11)13-9-16(10-13)14(17)18/h4-7,13H,8-10H2,1-3H3,(H,17,18). The van der Waals surface area contributed by atoms with Crippen LogP contribution in [0.15, 0.2) is 24.3 Å². The van der Waals surface area contributed by atoms with Gasteiger partial charge in [0.1, 0.15) is 0 Å². The van der Waals surface area contributed by atoms with E-state index in [1.165, 1.54) is 16.0 Å². The first-order chi connectivity index (χ1) is 8.35. The molecule has 1 saturated heterocycles. The number of hydrogen-bond acceptors (Lipinski definition) is 1. The molecule has 0 aliphatic carbocycles. The fourth-order valence-electron chi connectivity index (χ4n) is 2.37. The van der Waals surface area contributed by atoms with Gasteiger partial charge in [-0.25, -0.2) is 4.79 Å². The number of nitrogens with zero attached hydrogens (tertiary/aromatic N) is 1. The van der Waals surface area contributed by atoms with Crippen LogP contribution in [-0.4, -0.2) is 29.2 Å². The summed E-state index contributed by atoms with van der Waals surface area (Å²) in [7, 11) is 0. The maximum atomic E-state index is 10.7. The SMILES string of the molecule is CC(C)(C)Cc1ccc(C2CN(C(=O)O)C2)cc1. The number of rotatable bonds is 2. The number of carboxylic acid groups (broad SMARTS) is 1. The summed E-state index contributed by atoms with van der Waals surface area (Å²) in [5.41, 5.74) is 2.91. The van der Waals surface area contributed by atoms with Crippen LogP contribution < -0.4 is 0 Å². The third-order valence-corrected chi connectivity index (χ3v) is 3.34. The molecule has 1 aromatic rings. The predicted molar refractivity (Wildman–Crippen MR) is 71.9 cm³/mol. The second kappa shape index (κ2) is 4.63. The van der Waals surface area contributed by atoms with Gasteiger partial charge >= 0.3 is 6.09 Å². The minimum Gasteiger partial charge on any atom is -0.465 e. The van der Waals surface area contributed by atoms with Crippen LogP contribution in [-0.2, 0) is 6.42 Å². The van der Waals surface area contributed by atoms with Gasteiger partial charge in [0.25, 0.3) is 0 Å². The molecule has 18 heavy (non-hydrogen) atoms. The number of hydrogen-bond donors (Lipinski definition) is 1. The Balaban J connectivity index is 1.95. The Labute approximate surface area is 108 Å². The molecule has 0 aromatic heterocycles. The third-order valence-electron chi connectivity index (χ3n) is 3.34. The van der Waals surface area contributed by atoms with Crippen molar-refractivity contribution < 1.29 is 9.90 Å². The second-order valence-corrected chi connectivity index (χ2v) is 6.36. The Kier molecular flexibility index (Phi) is 3.33. The minimum atomic E-state index is -0.810. The van der Waals surface area contributed by atoms with E-state index in [-0.39, 0.29) is 0 Å². The molecule has 3 nitrogen and oxygen atoms in total. The highest BCUT2D eigenvalue weighted by Crippen LogP contribution is 2.28. The van der Waals surface area contributed by atoms with E-state index in [0.717, 1.165) is 6.42 Å². The van der Waals surface area contributed by atoms with Gasteiger partial charge in [-0.15, -0.1) is 0 Å². The van der Waals surface area contributed by atoms with Gasteiger partial charge in [0.15, 0.2) is 0 Å². The van der Waals surface area contributed by atoms with E-state index in [9.17, 15) is 4.79 Å². The summed E-state index contributed by atoms with van der Waals surface area (Å²) in [5, 5.41) is 8.80. The monoisotopic (exact) mass is 247 g/mol. The van der Waals surface area contributed by atoms with Crippen LogP contribution in [0.5, 0.6) is 0 Å². The van der Waals surface area contributed by atoms with Gasteiger partial charge in [0.2, 0.25) is 0 Å². The molecule has 0 bridgehead atoms. The van der Waals surface area contributed by atoms with Crippen LogP contribution in [0.3, 0.4) is 0 Å². The molecular formula is C15H21NO2. The fraction of sp³-hybridized carbons (Fsp3) is 0.533. The van der Waals surface area contributed by atoms with E-state index in [1.54, 1.807) is 0 Å². The quantitative estimate of drug-likeness (QED) is 0.870.